The lowest BCUT2D eigenvalue weighted by Crippen LogP contribution is -2.00. The van der Waals surface area contributed by atoms with Gasteiger partial charge in [-0.2, -0.15) is 0 Å². The molecule has 0 bridgehead atoms. The van der Waals surface area contributed by atoms with E-state index in [1.165, 1.54) is 4.88 Å². The lowest BCUT2D eigenvalue weighted by atomic mass is 10.2. The normalized spacial score (nSPS) is 10.7. The van der Waals surface area contributed by atoms with Crippen LogP contribution in [0.2, 0.25) is 0 Å². The third kappa shape index (κ3) is 2.33. The van der Waals surface area contributed by atoms with Crippen molar-refractivity contribution in [2.75, 3.05) is 5.32 Å². The first-order valence-electron chi connectivity index (χ1n) is 5.82. The number of nitrogens with zero attached hydrogens (tertiary/aromatic N) is 2. The molecule has 0 unspecified atom stereocenters. The highest BCUT2D eigenvalue weighted by Gasteiger charge is 2.00. The Morgan fingerprint density at radius 2 is 2.06 bits per heavy atom. The van der Waals surface area contributed by atoms with E-state index in [4.69, 9.17) is 0 Å². The fourth-order valence-corrected chi connectivity index (χ4v) is 2.54. The maximum atomic E-state index is 4.56. The number of aryl methyl sites for hydroxylation is 1. The predicted octanol–water partition coefficient (Wildman–Crippen LogP) is 3.61. The number of pyridine rings is 1. The molecule has 0 aliphatic rings. The van der Waals surface area contributed by atoms with Crippen LogP contribution in [0.5, 0.6) is 0 Å². The highest BCUT2D eigenvalue weighted by Crippen LogP contribution is 2.16. The molecule has 2 heterocycles. The Morgan fingerprint density at radius 1 is 1.17 bits per heavy atom. The molecule has 2 aromatic heterocycles. The summed E-state index contributed by atoms with van der Waals surface area (Å²) in [5.41, 5.74) is 1.01. The molecule has 0 radical (unpaired) electrons. The van der Waals surface area contributed by atoms with E-state index in [-0.39, 0.29) is 0 Å². The third-order valence-electron chi connectivity index (χ3n) is 2.69. The summed E-state index contributed by atoms with van der Waals surface area (Å²) in [7, 11) is 0. The number of benzene rings is 1. The van der Waals surface area contributed by atoms with Crippen molar-refractivity contribution in [3.63, 3.8) is 0 Å². The van der Waals surface area contributed by atoms with Crippen molar-refractivity contribution < 1.29 is 0 Å². The molecule has 90 valence electrons. The Morgan fingerprint density at radius 3 is 2.89 bits per heavy atom. The molecule has 3 aromatic rings. The first-order valence-corrected chi connectivity index (χ1v) is 6.64. The zero-order valence-corrected chi connectivity index (χ0v) is 10.9. The van der Waals surface area contributed by atoms with Gasteiger partial charge in [-0.3, -0.25) is 0 Å². The zero-order chi connectivity index (χ0) is 12.4. The van der Waals surface area contributed by atoms with Crippen LogP contribution in [0.1, 0.15) is 9.88 Å². The summed E-state index contributed by atoms with van der Waals surface area (Å²) in [6.07, 6.45) is 1.90. The molecule has 18 heavy (non-hydrogen) atoms. The van der Waals surface area contributed by atoms with Crippen molar-refractivity contribution in [2.24, 2.45) is 0 Å². The molecule has 0 spiro atoms. The van der Waals surface area contributed by atoms with Gasteiger partial charge in [-0.05, 0) is 25.1 Å². The van der Waals surface area contributed by atoms with Crippen molar-refractivity contribution >= 4 is 28.1 Å². The van der Waals surface area contributed by atoms with Crippen LogP contribution < -0.4 is 5.32 Å². The van der Waals surface area contributed by atoms with Gasteiger partial charge in [0.2, 0.25) is 0 Å². The minimum atomic E-state index is 0.726. The lowest BCUT2D eigenvalue weighted by molar-refractivity contribution is 1.08. The van der Waals surface area contributed by atoms with Crippen LogP contribution >= 0.6 is 11.3 Å². The summed E-state index contributed by atoms with van der Waals surface area (Å²) in [5, 5.41) is 5.55. The lowest BCUT2D eigenvalue weighted by Gasteiger charge is -2.04. The van der Waals surface area contributed by atoms with Crippen LogP contribution in [0, 0.1) is 6.92 Å². The second-order valence-corrected chi connectivity index (χ2v) is 5.43. The second-order valence-electron chi connectivity index (χ2n) is 4.11. The van der Waals surface area contributed by atoms with Crippen molar-refractivity contribution in [1.82, 2.24) is 9.97 Å². The fraction of sp³-hybridized carbons (Fsp3) is 0.143. The standard InChI is InChI=1S/C14H13N3S/c1-10-8-16-14(18-10)9-15-13-7-6-11-4-2-3-5-12(11)17-13/h2-8H,9H2,1H3,(H,15,17). The highest BCUT2D eigenvalue weighted by atomic mass is 32.1. The number of anilines is 1. The maximum Gasteiger partial charge on any atom is 0.127 e. The van der Waals surface area contributed by atoms with Crippen molar-refractivity contribution in [3.05, 3.63) is 52.5 Å². The van der Waals surface area contributed by atoms with E-state index in [0.29, 0.717) is 0 Å². The van der Waals surface area contributed by atoms with E-state index < -0.39 is 0 Å². The molecule has 1 aromatic carbocycles. The Hall–Kier alpha value is -1.94. The smallest absolute Gasteiger partial charge is 0.127 e. The molecule has 0 atom stereocenters. The zero-order valence-electron chi connectivity index (χ0n) is 10.1. The first kappa shape index (κ1) is 11.2. The summed E-state index contributed by atoms with van der Waals surface area (Å²) in [6.45, 7) is 2.79. The van der Waals surface area contributed by atoms with E-state index in [1.807, 2.05) is 30.5 Å². The topological polar surface area (TPSA) is 37.8 Å². The average molecular weight is 255 g/mol. The molecule has 0 fully saturated rings. The molecular weight excluding hydrogens is 242 g/mol. The monoisotopic (exact) mass is 255 g/mol. The van der Waals surface area contributed by atoms with Gasteiger partial charge in [0.05, 0.1) is 12.1 Å². The minimum Gasteiger partial charge on any atom is -0.364 e. The van der Waals surface area contributed by atoms with Crippen molar-refractivity contribution in [3.8, 4) is 0 Å². The number of aromatic nitrogens is 2. The SMILES string of the molecule is Cc1cnc(CNc2ccc3ccccc3n2)s1. The van der Waals surface area contributed by atoms with E-state index >= 15 is 0 Å². The minimum absolute atomic E-state index is 0.726. The van der Waals surface area contributed by atoms with Gasteiger partial charge in [-0.25, -0.2) is 9.97 Å². The van der Waals surface area contributed by atoms with Crippen LogP contribution in [0.25, 0.3) is 10.9 Å². The molecule has 4 heteroatoms. The van der Waals surface area contributed by atoms with Gasteiger partial charge < -0.3 is 5.32 Å². The van der Waals surface area contributed by atoms with Crippen molar-refractivity contribution in [1.29, 1.82) is 0 Å². The molecule has 0 saturated heterocycles. The van der Waals surface area contributed by atoms with Gasteiger partial charge in [-0.15, -0.1) is 11.3 Å². The van der Waals surface area contributed by atoms with E-state index in [2.05, 4.69) is 34.3 Å². The van der Waals surface area contributed by atoms with Gasteiger partial charge in [0.15, 0.2) is 0 Å². The van der Waals surface area contributed by atoms with Gasteiger partial charge in [0.1, 0.15) is 10.8 Å². The number of para-hydroxylation sites is 1. The van der Waals surface area contributed by atoms with Crippen LogP contribution in [0.4, 0.5) is 5.82 Å². The summed E-state index contributed by atoms with van der Waals surface area (Å²) in [4.78, 5) is 10.1. The van der Waals surface area contributed by atoms with Crippen LogP contribution in [-0.4, -0.2) is 9.97 Å². The molecule has 3 nitrogen and oxygen atoms in total. The Labute approximate surface area is 110 Å². The number of thiazole rings is 1. The fourth-order valence-electron chi connectivity index (χ4n) is 1.81. The molecule has 1 N–H and O–H groups in total. The Kier molecular flexibility index (Phi) is 2.94. The molecule has 0 saturated carbocycles. The van der Waals surface area contributed by atoms with Gasteiger partial charge in [-0.1, -0.05) is 18.2 Å². The summed E-state index contributed by atoms with van der Waals surface area (Å²) < 4.78 is 0. The third-order valence-corrected chi connectivity index (χ3v) is 3.60. The largest absolute Gasteiger partial charge is 0.364 e. The second kappa shape index (κ2) is 4.74. The maximum absolute atomic E-state index is 4.56. The van der Waals surface area contributed by atoms with Gasteiger partial charge >= 0.3 is 0 Å². The quantitative estimate of drug-likeness (QED) is 0.777. The number of nitrogens with one attached hydrogen (secondary N) is 1. The Bertz CT molecular complexity index is 675. The summed E-state index contributed by atoms with van der Waals surface area (Å²) in [6, 6.07) is 12.2. The van der Waals surface area contributed by atoms with Crippen LogP contribution in [0.3, 0.4) is 0 Å². The molecule has 0 amide bonds. The number of hydrogen-bond acceptors (Lipinski definition) is 4. The summed E-state index contributed by atoms with van der Waals surface area (Å²) in [5.74, 6) is 0.890. The first-order chi connectivity index (χ1) is 8.81. The highest BCUT2D eigenvalue weighted by molar-refractivity contribution is 7.11. The van der Waals surface area contributed by atoms with Crippen molar-refractivity contribution in [2.45, 2.75) is 13.5 Å². The number of fused-ring (bicyclic) bond motifs is 1. The van der Waals surface area contributed by atoms with E-state index in [0.717, 1.165) is 28.3 Å². The number of rotatable bonds is 3. The van der Waals surface area contributed by atoms with Crippen LogP contribution in [0.15, 0.2) is 42.6 Å². The molecule has 3 rings (SSSR count). The number of hydrogen-bond donors (Lipinski definition) is 1. The molecule has 0 aliphatic heterocycles. The van der Waals surface area contributed by atoms with E-state index in [1.54, 1.807) is 11.3 Å². The van der Waals surface area contributed by atoms with Gasteiger partial charge in [0, 0.05) is 16.5 Å². The average Bonchev–Trinajstić information content (AvgIpc) is 2.82. The molecular formula is C14H13N3S. The summed E-state index contributed by atoms with van der Waals surface area (Å²) >= 11 is 1.71. The molecule has 0 aliphatic carbocycles. The predicted molar refractivity (Wildman–Crippen MR) is 75.9 cm³/mol. The van der Waals surface area contributed by atoms with E-state index in [9.17, 15) is 0 Å². The van der Waals surface area contributed by atoms with Crippen LogP contribution in [-0.2, 0) is 6.54 Å². The Balaban J connectivity index is 1.78. The van der Waals surface area contributed by atoms with Gasteiger partial charge in [0.25, 0.3) is 0 Å².